The number of hydrogen-bond donors (Lipinski definition) is 0. The van der Waals surface area contributed by atoms with Gasteiger partial charge in [0.2, 0.25) is 0 Å². The van der Waals surface area contributed by atoms with Crippen LogP contribution in [-0.2, 0) is 0 Å². The quantitative estimate of drug-likeness (QED) is 0.505. The summed E-state index contributed by atoms with van der Waals surface area (Å²) in [6.45, 7) is 7.45. The van der Waals surface area contributed by atoms with Gasteiger partial charge in [-0.3, -0.25) is 0 Å². The summed E-state index contributed by atoms with van der Waals surface area (Å²) >= 11 is 0. The Bertz CT molecular complexity index is 120. The fourth-order valence-electron chi connectivity index (χ4n) is 2.15. The monoisotopic (exact) mass is 264 g/mol. The van der Waals surface area contributed by atoms with E-state index in [9.17, 15) is 0 Å². The maximum absolute atomic E-state index is 2.53. The van der Waals surface area contributed by atoms with Crippen LogP contribution in [-0.4, -0.2) is 19.0 Å². The molecule has 0 aromatic carbocycles. The second-order valence-corrected chi connectivity index (χ2v) is 14.1. The second kappa shape index (κ2) is 8.39. The molecule has 1 saturated heterocycles. The van der Waals surface area contributed by atoms with Crippen molar-refractivity contribution in [1.29, 1.82) is 0 Å². The highest BCUT2D eigenvalue weighted by molar-refractivity contribution is 8.48. The van der Waals surface area contributed by atoms with E-state index in [1.54, 1.807) is 6.16 Å². The van der Waals surface area contributed by atoms with Crippen molar-refractivity contribution in [2.75, 3.05) is 19.0 Å². The van der Waals surface area contributed by atoms with Gasteiger partial charge in [-0.05, 0) is 37.2 Å². The summed E-state index contributed by atoms with van der Waals surface area (Å²) in [7, 11) is 3.03. The van der Waals surface area contributed by atoms with Crippen LogP contribution in [0.15, 0.2) is 0 Å². The molecule has 3 heteroatoms. The van der Waals surface area contributed by atoms with Gasteiger partial charge in [0.05, 0.1) is 0 Å². The largest absolute Gasteiger partial charge is 0.0945 e. The van der Waals surface area contributed by atoms with Crippen molar-refractivity contribution in [2.45, 2.75) is 46.0 Å². The first-order chi connectivity index (χ1) is 7.18. The first-order valence-electron chi connectivity index (χ1n) is 6.38. The zero-order valence-electron chi connectivity index (χ0n) is 10.6. The van der Waals surface area contributed by atoms with E-state index in [0.29, 0.717) is 7.61 Å². The lowest BCUT2D eigenvalue weighted by atomic mass is 9.96. The number of rotatable bonds is 0. The standard InChI is InChI=1S/C12H27P3/c1-11-6-4-7-12(2)10-13-14-15(3)9-5-8-11/h11-14H,4-10H2,1-3H3. The highest BCUT2D eigenvalue weighted by Gasteiger charge is 2.09. The average molecular weight is 264 g/mol. The Labute approximate surface area is 101 Å². The van der Waals surface area contributed by atoms with E-state index in [4.69, 9.17) is 0 Å². The van der Waals surface area contributed by atoms with E-state index in [2.05, 4.69) is 20.5 Å². The topological polar surface area (TPSA) is 0 Å². The van der Waals surface area contributed by atoms with Crippen molar-refractivity contribution >= 4 is 23.8 Å². The molecule has 1 aliphatic heterocycles. The minimum absolute atomic E-state index is 0.417. The fourth-order valence-corrected chi connectivity index (χ4v) is 11.0. The highest BCUT2D eigenvalue weighted by atomic mass is 32.4. The van der Waals surface area contributed by atoms with Crippen molar-refractivity contribution in [3.8, 4) is 0 Å². The van der Waals surface area contributed by atoms with Crippen LogP contribution in [0.2, 0.25) is 0 Å². The third-order valence-electron chi connectivity index (χ3n) is 3.30. The normalized spacial score (nSPS) is 39.8. The summed E-state index contributed by atoms with van der Waals surface area (Å²) < 4.78 is 0. The first kappa shape index (κ1) is 14.4. The molecular weight excluding hydrogens is 237 g/mol. The van der Waals surface area contributed by atoms with E-state index < -0.39 is 0 Å². The summed E-state index contributed by atoms with van der Waals surface area (Å²) in [4.78, 5) is 0. The molecule has 0 saturated carbocycles. The Hall–Kier alpha value is 1.29. The second-order valence-electron chi connectivity index (χ2n) is 5.20. The highest BCUT2D eigenvalue weighted by Crippen LogP contribution is 2.64. The smallest absolute Gasteiger partial charge is 0.0288 e. The fraction of sp³-hybridized carbons (Fsp3) is 1.00. The van der Waals surface area contributed by atoms with Gasteiger partial charge in [0, 0.05) is 0 Å². The Balaban J connectivity index is 2.30. The van der Waals surface area contributed by atoms with E-state index in [-0.39, 0.29) is 0 Å². The molecule has 1 heterocycles. The van der Waals surface area contributed by atoms with E-state index in [1.807, 2.05) is 0 Å². The molecule has 0 bridgehead atoms. The predicted molar refractivity (Wildman–Crippen MR) is 80.6 cm³/mol. The zero-order valence-corrected chi connectivity index (χ0v) is 13.4. The molecule has 90 valence electrons. The molecule has 0 aromatic heterocycles. The molecule has 5 unspecified atom stereocenters. The van der Waals surface area contributed by atoms with Crippen molar-refractivity contribution in [1.82, 2.24) is 0 Å². The Kier molecular flexibility index (Phi) is 8.03. The van der Waals surface area contributed by atoms with Crippen LogP contribution in [0.5, 0.6) is 0 Å². The van der Waals surface area contributed by atoms with Crippen LogP contribution >= 0.6 is 23.8 Å². The molecule has 0 aliphatic carbocycles. The predicted octanol–water partition coefficient (Wildman–Crippen LogP) is 5.52. The third kappa shape index (κ3) is 7.26. The van der Waals surface area contributed by atoms with Gasteiger partial charge in [-0.25, -0.2) is 0 Å². The van der Waals surface area contributed by atoms with E-state index in [1.165, 1.54) is 54.5 Å². The number of hydrogen-bond acceptors (Lipinski definition) is 0. The molecule has 0 N–H and O–H groups in total. The lowest BCUT2D eigenvalue weighted by molar-refractivity contribution is 0.436. The van der Waals surface area contributed by atoms with Crippen molar-refractivity contribution in [2.24, 2.45) is 11.8 Å². The maximum atomic E-state index is 2.53. The molecule has 0 spiro atoms. The molecule has 1 aliphatic rings. The molecule has 0 nitrogen and oxygen atoms in total. The Morgan fingerprint density at radius 1 is 1.00 bits per heavy atom. The van der Waals surface area contributed by atoms with Gasteiger partial charge >= 0.3 is 0 Å². The van der Waals surface area contributed by atoms with Gasteiger partial charge < -0.3 is 0 Å². The van der Waals surface area contributed by atoms with Gasteiger partial charge in [-0.15, -0.1) is 0 Å². The minimum Gasteiger partial charge on any atom is -0.0945 e. The molecule has 15 heavy (non-hydrogen) atoms. The van der Waals surface area contributed by atoms with E-state index >= 15 is 0 Å². The van der Waals surface area contributed by atoms with Crippen LogP contribution in [0.3, 0.4) is 0 Å². The van der Waals surface area contributed by atoms with Gasteiger partial charge in [-0.1, -0.05) is 63.4 Å². The van der Waals surface area contributed by atoms with Crippen LogP contribution in [0.25, 0.3) is 0 Å². The summed E-state index contributed by atoms with van der Waals surface area (Å²) in [5, 5.41) is 0. The van der Waals surface area contributed by atoms with Crippen molar-refractivity contribution < 1.29 is 0 Å². The SMILES string of the molecule is CC1CCCC(C)CPPP(C)CCC1. The lowest BCUT2D eigenvalue weighted by Crippen LogP contribution is -2.01. The molecule has 0 amide bonds. The minimum atomic E-state index is 0.417. The van der Waals surface area contributed by atoms with Crippen LogP contribution in [0.4, 0.5) is 0 Å². The molecule has 0 aromatic rings. The third-order valence-corrected chi connectivity index (χ3v) is 13.5. The molecule has 1 rings (SSSR count). The van der Waals surface area contributed by atoms with Gasteiger partial charge in [-0.2, -0.15) is 0 Å². The van der Waals surface area contributed by atoms with Crippen LogP contribution in [0, 0.1) is 11.8 Å². The first-order valence-corrected chi connectivity index (χ1v) is 12.4. The van der Waals surface area contributed by atoms with Gasteiger partial charge in [0.1, 0.15) is 0 Å². The summed E-state index contributed by atoms with van der Waals surface area (Å²) in [5.41, 5.74) is 0. The Morgan fingerprint density at radius 2 is 1.67 bits per heavy atom. The molecular formula is C12H27P3. The van der Waals surface area contributed by atoms with Crippen LogP contribution < -0.4 is 0 Å². The summed E-state index contributed by atoms with van der Waals surface area (Å²) in [5.74, 6) is 2.00. The summed E-state index contributed by atoms with van der Waals surface area (Å²) in [6.07, 6.45) is 10.5. The molecule has 1 fully saturated rings. The van der Waals surface area contributed by atoms with Gasteiger partial charge in [0.15, 0.2) is 0 Å². The molecule has 5 atom stereocenters. The van der Waals surface area contributed by atoms with Crippen LogP contribution in [0.1, 0.15) is 46.0 Å². The van der Waals surface area contributed by atoms with Crippen molar-refractivity contribution in [3.05, 3.63) is 0 Å². The average Bonchev–Trinajstić information content (AvgIpc) is 2.16. The van der Waals surface area contributed by atoms with Gasteiger partial charge in [0.25, 0.3) is 0 Å². The van der Waals surface area contributed by atoms with Crippen molar-refractivity contribution in [3.63, 3.8) is 0 Å². The maximum Gasteiger partial charge on any atom is -0.0288 e. The molecule has 0 radical (unpaired) electrons. The summed E-state index contributed by atoms with van der Waals surface area (Å²) in [6, 6.07) is 0. The zero-order chi connectivity index (χ0) is 11.1. The van der Waals surface area contributed by atoms with E-state index in [0.717, 1.165) is 11.8 Å². The lowest BCUT2D eigenvalue weighted by Gasteiger charge is -2.19. The Morgan fingerprint density at radius 3 is 2.47 bits per heavy atom.